The lowest BCUT2D eigenvalue weighted by atomic mass is 9.79. The molecule has 0 saturated heterocycles. The highest BCUT2D eigenvalue weighted by Gasteiger charge is 2.43. The van der Waals surface area contributed by atoms with Gasteiger partial charge in [-0.1, -0.05) is 36.4 Å². The van der Waals surface area contributed by atoms with Crippen molar-refractivity contribution < 1.29 is 28.2 Å². The van der Waals surface area contributed by atoms with Crippen LogP contribution in [0.4, 0.5) is 4.39 Å². The molecule has 3 aromatic carbocycles. The van der Waals surface area contributed by atoms with E-state index in [-0.39, 0.29) is 24.8 Å². The molecule has 1 atom stereocenters. The standard InChI is InChI=1S/C31H27FINO5/c1-4-37-24-15-19(14-23(33)30(24)39-16-18-10-12-20(32)13-11-18)26-25(31(36)38-5-2)17(3)34-28-21-8-6-7-9-22(21)29(35)27(26)28/h6-15,26,34H,4-5,16H2,1-3H3/t26-/m1/s1. The normalized spacial score (nSPS) is 16.0. The predicted octanol–water partition coefficient (Wildman–Crippen LogP) is 6.54. The van der Waals surface area contributed by atoms with Crippen LogP contribution in [0.2, 0.25) is 0 Å². The lowest BCUT2D eigenvalue weighted by molar-refractivity contribution is -0.138. The second-order valence-electron chi connectivity index (χ2n) is 9.16. The van der Waals surface area contributed by atoms with Gasteiger partial charge in [0.15, 0.2) is 17.3 Å². The number of allylic oxidation sites excluding steroid dienone is 2. The van der Waals surface area contributed by atoms with Crippen molar-refractivity contribution >= 4 is 40.0 Å². The van der Waals surface area contributed by atoms with E-state index in [1.165, 1.54) is 12.1 Å². The fourth-order valence-electron chi connectivity index (χ4n) is 5.04. The SMILES string of the molecule is CCOC(=O)C1=C(C)NC2=C(C(=O)c3ccccc32)[C@@H]1c1cc(I)c(OCc2ccc(F)cc2)c(OCC)c1. The highest BCUT2D eigenvalue weighted by atomic mass is 127. The summed E-state index contributed by atoms with van der Waals surface area (Å²) in [7, 11) is 0. The average molecular weight is 639 g/mol. The lowest BCUT2D eigenvalue weighted by Crippen LogP contribution is -2.29. The van der Waals surface area contributed by atoms with Gasteiger partial charge in [-0.05, 0) is 78.8 Å². The van der Waals surface area contributed by atoms with Crippen molar-refractivity contribution in [1.29, 1.82) is 0 Å². The van der Waals surface area contributed by atoms with Crippen molar-refractivity contribution in [2.75, 3.05) is 13.2 Å². The maximum atomic E-state index is 13.7. The molecule has 0 bridgehead atoms. The van der Waals surface area contributed by atoms with Crippen LogP contribution >= 0.6 is 22.6 Å². The summed E-state index contributed by atoms with van der Waals surface area (Å²) in [6.45, 7) is 6.27. The van der Waals surface area contributed by atoms with Gasteiger partial charge in [-0.2, -0.15) is 0 Å². The number of rotatable bonds is 8. The summed E-state index contributed by atoms with van der Waals surface area (Å²) in [6.07, 6.45) is 0. The summed E-state index contributed by atoms with van der Waals surface area (Å²) < 4.78 is 31.6. The Morgan fingerprint density at radius 1 is 1.00 bits per heavy atom. The molecule has 39 heavy (non-hydrogen) atoms. The minimum atomic E-state index is -0.668. The smallest absolute Gasteiger partial charge is 0.336 e. The molecule has 1 aliphatic heterocycles. The summed E-state index contributed by atoms with van der Waals surface area (Å²) in [5.41, 5.74) is 5.15. The molecule has 6 nitrogen and oxygen atoms in total. The Balaban J connectivity index is 1.61. The first-order valence-electron chi connectivity index (χ1n) is 12.7. The zero-order chi connectivity index (χ0) is 27.7. The summed E-state index contributed by atoms with van der Waals surface area (Å²) >= 11 is 2.17. The van der Waals surface area contributed by atoms with E-state index in [2.05, 4.69) is 27.9 Å². The van der Waals surface area contributed by atoms with Gasteiger partial charge in [-0.3, -0.25) is 4.79 Å². The van der Waals surface area contributed by atoms with Crippen LogP contribution in [0.15, 0.2) is 77.5 Å². The van der Waals surface area contributed by atoms with E-state index in [4.69, 9.17) is 14.2 Å². The molecule has 0 amide bonds. The maximum Gasteiger partial charge on any atom is 0.336 e. The fourth-order valence-corrected chi connectivity index (χ4v) is 5.82. The number of Topliss-reactive ketones (excluding diaryl/α,β-unsaturated/α-hetero) is 1. The van der Waals surface area contributed by atoms with Crippen LogP contribution in [0, 0.1) is 9.39 Å². The monoisotopic (exact) mass is 639 g/mol. The summed E-state index contributed by atoms with van der Waals surface area (Å²) in [6, 6.07) is 17.3. The molecular formula is C31H27FINO5. The van der Waals surface area contributed by atoms with Gasteiger partial charge < -0.3 is 19.5 Å². The number of fused-ring (bicyclic) bond motifs is 2. The van der Waals surface area contributed by atoms with Gasteiger partial charge >= 0.3 is 5.97 Å². The molecule has 8 heteroatoms. The van der Waals surface area contributed by atoms with Crippen LogP contribution in [-0.4, -0.2) is 25.0 Å². The van der Waals surface area contributed by atoms with Crippen LogP contribution in [-0.2, 0) is 16.1 Å². The van der Waals surface area contributed by atoms with E-state index >= 15 is 0 Å². The van der Waals surface area contributed by atoms with Crippen molar-refractivity contribution in [3.8, 4) is 11.5 Å². The third kappa shape index (κ3) is 5.05. The van der Waals surface area contributed by atoms with E-state index in [0.717, 1.165) is 20.3 Å². The number of carbonyl (C=O) groups is 2. The first kappa shape index (κ1) is 26.9. The van der Waals surface area contributed by atoms with Crippen LogP contribution in [0.25, 0.3) is 5.70 Å². The molecule has 0 unspecified atom stereocenters. The molecule has 1 N–H and O–H groups in total. The van der Waals surface area contributed by atoms with Crippen LogP contribution < -0.4 is 14.8 Å². The number of hydrogen-bond donors (Lipinski definition) is 1. The Morgan fingerprint density at radius 2 is 1.72 bits per heavy atom. The number of esters is 1. The molecule has 0 radical (unpaired) electrons. The van der Waals surface area contributed by atoms with Gasteiger partial charge in [0.25, 0.3) is 0 Å². The van der Waals surface area contributed by atoms with Gasteiger partial charge in [-0.25, -0.2) is 9.18 Å². The van der Waals surface area contributed by atoms with Crippen molar-refractivity contribution in [3.63, 3.8) is 0 Å². The summed E-state index contributed by atoms with van der Waals surface area (Å²) in [4.78, 5) is 27.0. The molecule has 200 valence electrons. The highest BCUT2D eigenvalue weighted by Crippen LogP contribution is 2.48. The molecule has 1 aliphatic carbocycles. The molecule has 5 rings (SSSR count). The first-order valence-corrected chi connectivity index (χ1v) is 13.8. The molecule has 3 aromatic rings. The second-order valence-corrected chi connectivity index (χ2v) is 10.3. The Kier molecular flexibility index (Phi) is 7.74. The molecule has 0 aromatic heterocycles. The zero-order valence-electron chi connectivity index (χ0n) is 21.8. The first-order chi connectivity index (χ1) is 18.8. The average Bonchev–Trinajstić information content (AvgIpc) is 3.20. The van der Waals surface area contributed by atoms with E-state index in [1.807, 2.05) is 44.2 Å². The number of halogens is 2. The number of ether oxygens (including phenoxy) is 3. The van der Waals surface area contributed by atoms with E-state index < -0.39 is 11.9 Å². The molecule has 0 spiro atoms. The molecule has 0 saturated carbocycles. The Bertz CT molecular complexity index is 1530. The van der Waals surface area contributed by atoms with Gasteiger partial charge in [0.1, 0.15) is 12.4 Å². The topological polar surface area (TPSA) is 73.9 Å². The van der Waals surface area contributed by atoms with Gasteiger partial charge in [0.05, 0.1) is 28.1 Å². The molecule has 0 fully saturated rings. The number of hydrogen-bond acceptors (Lipinski definition) is 6. The van der Waals surface area contributed by atoms with Gasteiger partial charge in [0, 0.05) is 28.3 Å². The summed E-state index contributed by atoms with van der Waals surface area (Å²) in [5, 5.41) is 3.32. The largest absolute Gasteiger partial charge is 0.490 e. The fraction of sp³-hybridized carbons (Fsp3) is 0.226. The molecular weight excluding hydrogens is 612 g/mol. The van der Waals surface area contributed by atoms with Crippen molar-refractivity contribution in [2.24, 2.45) is 0 Å². The predicted molar refractivity (Wildman–Crippen MR) is 154 cm³/mol. The number of dihydropyridines is 1. The van der Waals surface area contributed by atoms with Crippen molar-refractivity contribution in [1.82, 2.24) is 5.32 Å². The molecule has 1 heterocycles. The molecule has 2 aliphatic rings. The van der Waals surface area contributed by atoms with Gasteiger partial charge in [-0.15, -0.1) is 0 Å². The van der Waals surface area contributed by atoms with Crippen LogP contribution in [0.5, 0.6) is 11.5 Å². The zero-order valence-corrected chi connectivity index (χ0v) is 23.9. The highest BCUT2D eigenvalue weighted by molar-refractivity contribution is 14.1. The number of ketones is 1. The second kappa shape index (κ2) is 11.2. The number of carbonyl (C=O) groups excluding carboxylic acids is 2. The third-order valence-electron chi connectivity index (χ3n) is 6.71. The van der Waals surface area contributed by atoms with Crippen molar-refractivity contribution in [2.45, 2.75) is 33.3 Å². The third-order valence-corrected chi connectivity index (χ3v) is 7.51. The van der Waals surface area contributed by atoms with E-state index in [1.54, 1.807) is 25.1 Å². The van der Waals surface area contributed by atoms with Crippen molar-refractivity contribution in [3.05, 3.63) is 109 Å². The summed E-state index contributed by atoms with van der Waals surface area (Å²) in [5.74, 6) is -0.560. The minimum absolute atomic E-state index is 0.128. The quantitative estimate of drug-likeness (QED) is 0.223. The number of benzene rings is 3. The van der Waals surface area contributed by atoms with E-state index in [0.29, 0.717) is 46.2 Å². The van der Waals surface area contributed by atoms with Gasteiger partial charge in [0.2, 0.25) is 0 Å². The Morgan fingerprint density at radius 3 is 2.41 bits per heavy atom. The van der Waals surface area contributed by atoms with Crippen LogP contribution in [0.3, 0.4) is 0 Å². The Labute approximate surface area is 240 Å². The van der Waals surface area contributed by atoms with E-state index in [9.17, 15) is 14.0 Å². The lowest BCUT2D eigenvalue weighted by Gasteiger charge is -2.30. The van der Waals surface area contributed by atoms with Crippen LogP contribution in [0.1, 0.15) is 53.7 Å². The minimum Gasteiger partial charge on any atom is -0.490 e. The number of nitrogens with one attached hydrogen (secondary N) is 1. The maximum absolute atomic E-state index is 13.7. The Hall–Kier alpha value is -3.66.